The highest BCUT2D eigenvalue weighted by atomic mass is 32.2. The number of rotatable bonds is 6. The molecule has 0 amide bonds. The van der Waals surface area contributed by atoms with Gasteiger partial charge in [-0.05, 0) is 42.5 Å². The van der Waals surface area contributed by atoms with Gasteiger partial charge in [0.1, 0.15) is 0 Å². The lowest BCUT2D eigenvalue weighted by atomic mass is 10.4. The van der Waals surface area contributed by atoms with Gasteiger partial charge in [-0.2, -0.15) is 0 Å². The average molecular weight is 226 g/mol. The van der Waals surface area contributed by atoms with Crippen LogP contribution in [-0.2, 0) is 0 Å². The fourth-order valence-electron chi connectivity index (χ4n) is 1.09. The summed E-state index contributed by atoms with van der Waals surface area (Å²) >= 11 is 3.91. The third-order valence-electron chi connectivity index (χ3n) is 1.75. The third kappa shape index (κ3) is 4.43. The Kier molecular flexibility index (Phi) is 6.20. The van der Waals surface area contributed by atoms with E-state index in [1.54, 1.807) is 0 Å². The van der Waals surface area contributed by atoms with Crippen LogP contribution in [0, 0.1) is 0 Å². The quantitative estimate of drug-likeness (QED) is 0.645. The molecule has 0 aliphatic heterocycles. The molecule has 0 fully saturated rings. The van der Waals surface area contributed by atoms with Crippen LogP contribution in [0.1, 0.15) is 26.7 Å². The van der Waals surface area contributed by atoms with Gasteiger partial charge in [-0.3, -0.25) is 0 Å². The summed E-state index contributed by atoms with van der Waals surface area (Å²) in [5.41, 5.74) is 0. The maximum Gasteiger partial charge on any atom is 0.00830 e. The Morgan fingerprint density at radius 2 is 1.43 bits per heavy atom. The Balaban J connectivity index is 2.50. The smallest absolute Gasteiger partial charge is 0.00830 e. The van der Waals surface area contributed by atoms with Crippen molar-refractivity contribution in [3.05, 3.63) is 24.3 Å². The van der Waals surface area contributed by atoms with Crippen molar-refractivity contribution in [2.45, 2.75) is 36.5 Å². The number of hydrogen-bond acceptors (Lipinski definition) is 2. The minimum absolute atomic E-state index is 1.22. The first-order chi connectivity index (χ1) is 6.86. The van der Waals surface area contributed by atoms with Crippen LogP contribution in [0.25, 0.3) is 0 Å². The fourth-order valence-corrected chi connectivity index (χ4v) is 2.82. The molecule has 0 N–H and O–H groups in total. The Morgan fingerprint density at radius 3 is 1.86 bits per heavy atom. The molecule has 0 saturated carbocycles. The Morgan fingerprint density at radius 1 is 0.929 bits per heavy atom. The van der Waals surface area contributed by atoms with Gasteiger partial charge >= 0.3 is 0 Å². The number of hydrogen-bond donors (Lipinski definition) is 0. The maximum atomic E-state index is 2.31. The largest absolute Gasteiger partial charge is 0.126 e. The van der Waals surface area contributed by atoms with Crippen LogP contribution in [0.5, 0.6) is 0 Å². The van der Waals surface area contributed by atoms with Crippen LogP contribution in [0.2, 0.25) is 0 Å². The highest BCUT2D eigenvalue weighted by Gasteiger charge is 1.96. The molecule has 2 heteroatoms. The van der Waals surface area contributed by atoms with E-state index in [0.29, 0.717) is 0 Å². The summed E-state index contributed by atoms with van der Waals surface area (Å²) in [5, 5.41) is 0. The maximum absolute atomic E-state index is 2.31. The fraction of sp³-hybridized carbons (Fsp3) is 0.500. The molecule has 0 aromatic heterocycles. The topological polar surface area (TPSA) is 0 Å². The molecule has 0 aliphatic rings. The SMILES string of the molecule is CCCSc1cccc(SCCC)c1. The van der Waals surface area contributed by atoms with Crippen molar-refractivity contribution in [3.8, 4) is 0 Å². The van der Waals surface area contributed by atoms with Crippen LogP contribution < -0.4 is 0 Å². The van der Waals surface area contributed by atoms with E-state index >= 15 is 0 Å². The molecular weight excluding hydrogens is 208 g/mol. The van der Waals surface area contributed by atoms with Gasteiger partial charge in [0.2, 0.25) is 0 Å². The molecular formula is C12H18S2. The van der Waals surface area contributed by atoms with Crippen molar-refractivity contribution in [2.75, 3.05) is 11.5 Å². The lowest BCUT2D eigenvalue weighted by Crippen LogP contribution is -1.79. The first-order valence-corrected chi connectivity index (χ1v) is 7.19. The molecule has 1 aromatic carbocycles. The molecule has 0 nitrogen and oxygen atoms in total. The first kappa shape index (κ1) is 12.0. The van der Waals surface area contributed by atoms with Gasteiger partial charge in [0.05, 0.1) is 0 Å². The minimum Gasteiger partial charge on any atom is -0.126 e. The second-order valence-electron chi connectivity index (χ2n) is 3.17. The van der Waals surface area contributed by atoms with Crippen molar-refractivity contribution < 1.29 is 0 Å². The number of benzene rings is 1. The third-order valence-corrected chi connectivity index (χ3v) is 4.15. The molecule has 1 rings (SSSR count). The summed E-state index contributed by atoms with van der Waals surface area (Å²) in [6, 6.07) is 8.88. The second-order valence-corrected chi connectivity index (χ2v) is 5.51. The van der Waals surface area contributed by atoms with Gasteiger partial charge in [0, 0.05) is 9.79 Å². The van der Waals surface area contributed by atoms with Crippen LogP contribution in [0.15, 0.2) is 34.1 Å². The Bertz CT molecular complexity index is 235. The predicted octanol–water partition coefficient (Wildman–Crippen LogP) is 4.69. The standard InChI is InChI=1S/C12H18S2/c1-3-8-13-11-6-5-7-12(10-11)14-9-4-2/h5-7,10H,3-4,8-9H2,1-2H3. The first-order valence-electron chi connectivity index (χ1n) is 5.22. The highest BCUT2D eigenvalue weighted by Crippen LogP contribution is 2.25. The van der Waals surface area contributed by atoms with Gasteiger partial charge in [-0.1, -0.05) is 19.9 Å². The van der Waals surface area contributed by atoms with Gasteiger partial charge in [-0.15, -0.1) is 23.5 Å². The van der Waals surface area contributed by atoms with E-state index in [2.05, 4.69) is 38.1 Å². The molecule has 0 unspecified atom stereocenters. The Hall–Kier alpha value is -0.0800. The van der Waals surface area contributed by atoms with Gasteiger partial charge in [-0.25, -0.2) is 0 Å². The summed E-state index contributed by atoms with van der Waals surface area (Å²) in [6.45, 7) is 4.45. The zero-order valence-electron chi connectivity index (χ0n) is 8.95. The monoisotopic (exact) mass is 226 g/mol. The summed E-state index contributed by atoms with van der Waals surface area (Å²) in [5.74, 6) is 2.45. The van der Waals surface area contributed by atoms with Gasteiger partial charge in [0.25, 0.3) is 0 Å². The second kappa shape index (κ2) is 7.24. The van der Waals surface area contributed by atoms with E-state index in [4.69, 9.17) is 0 Å². The van der Waals surface area contributed by atoms with E-state index < -0.39 is 0 Å². The molecule has 78 valence electrons. The number of thioether (sulfide) groups is 2. The van der Waals surface area contributed by atoms with E-state index in [0.717, 1.165) is 0 Å². The molecule has 0 radical (unpaired) electrons. The lowest BCUT2D eigenvalue weighted by molar-refractivity contribution is 1.10. The molecule has 0 spiro atoms. The van der Waals surface area contributed by atoms with E-state index in [9.17, 15) is 0 Å². The minimum atomic E-state index is 1.22. The summed E-state index contributed by atoms with van der Waals surface area (Å²) in [7, 11) is 0. The molecule has 14 heavy (non-hydrogen) atoms. The highest BCUT2D eigenvalue weighted by molar-refractivity contribution is 8.00. The summed E-state index contributed by atoms with van der Waals surface area (Å²) in [6.07, 6.45) is 2.49. The Labute approximate surface area is 95.9 Å². The van der Waals surface area contributed by atoms with E-state index in [1.807, 2.05) is 23.5 Å². The van der Waals surface area contributed by atoms with Gasteiger partial charge < -0.3 is 0 Å². The lowest BCUT2D eigenvalue weighted by Gasteiger charge is -2.03. The van der Waals surface area contributed by atoms with Crippen LogP contribution in [-0.4, -0.2) is 11.5 Å². The zero-order valence-corrected chi connectivity index (χ0v) is 10.6. The van der Waals surface area contributed by atoms with E-state index in [-0.39, 0.29) is 0 Å². The van der Waals surface area contributed by atoms with Crippen LogP contribution in [0.4, 0.5) is 0 Å². The molecule has 1 aromatic rings. The van der Waals surface area contributed by atoms with Crippen molar-refractivity contribution in [1.82, 2.24) is 0 Å². The van der Waals surface area contributed by atoms with Crippen molar-refractivity contribution in [1.29, 1.82) is 0 Å². The molecule has 0 saturated heterocycles. The summed E-state index contributed by atoms with van der Waals surface area (Å²) in [4.78, 5) is 2.82. The van der Waals surface area contributed by atoms with E-state index in [1.165, 1.54) is 34.1 Å². The zero-order chi connectivity index (χ0) is 10.2. The summed E-state index contributed by atoms with van der Waals surface area (Å²) < 4.78 is 0. The van der Waals surface area contributed by atoms with Crippen LogP contribution >= 0.6 is 23.5 Å². The van der Waals surface area contributed by atoms with Crippen molar-refractivity contribution in [2.24, 2.45) is 0 Å². The molecule has 0 atom stereocenters. The molecule has 0 bridgehead atoms. The van der Waals surface area contributed by atoms with Crippen LogP contribution in [0.3, 0.4) is 0 Å². The average Bonchev–Trinajstić information content (AvgIpc) is 2.24. The molecule has 0 aliphatic carbocycles. The molecule has 0 heterocycles. The van der Waals surface area contributed by atoms with Crippen molar-refractivity contribution >= 4 is 23.5 Å². The van der Waals surface area contributed by atoms with Gasteiger partial charge in [0.15, 0.2) is 0 Å². The van der Waals surface area contributed by atoms with Crippen molar-refractivity contribution in [3.63, 3.8) is 0 Å². The predicted molar refractivity (Wildman–Crippen MR) is 68.5 cm³/mol. The normalized spacial score (nSPS) is 10.4.